The Morgan fingerprint density at radius 1 is 1.07 bits per heavy atom. The van der Waals surface area contributed by atoms with Gasteiger partial charge in [-0.05, 0) is 44.4 Å². The molecule has 1 amide bonds. The highest BCUT2D eigenvalue weighted by molar-refractivity contribution is 8.00. The Morgan fingerprint density at radius 2 is 1.69 bits per heavy atom. The first-order valence-electron chi connectivity index (χ1n) is 10.2. The SMILES string of the molecule is CCN(CC)C(=O)[C@@H](Sc1nc(C2CC2)n(-c2ccccc2)n1)c1ccccc1. The van der Waals surface area contributed by atoms with Gasteiger partial charge >= 0.3 is 0 Å². The number of carbonyl (C=O) groups is 1. The van der Waals surface area contributed by atoms with E-state index in [1.807, 2.05) is 84.1 Å². The first-order valence-corrected chi connectivity index (χ1v) is 11.1. The molecule has 1 heterocycles. The number of rotatable bonds is 8. The summed E-state index contributed by atoms with van der Waals surface area (Å²) in [5.41, 5.74) is 2.00. The van der Waals surface area contributed by atoms with E-state index < -0.39 is 0 Å². The highest BCUT2D eigenvalue weighted by atomic mass is 32.2. The van der Waals surface area contributed by atoms with E-state index in [9.17, 15) is 4.79 Å². The lowest BCUT2D eigenvalue weighted by molar-refractivity contribution is -0.130. The molecule has 0 saturated heterocycles. The summed E-state index contributed by atoms with van der Waals surface area (Å²) in [5, 5.41) is 5.10. The second-order valence-corrected chi connectivity index (χ2v) is 8.27. The van der Waals surface area contributed by atoms with Gasteiger partial charge in [-0.3, -0.25) is 4.79 Å². The Bertz CT molecular complexity index is 950. The summed E-state index contributed by atoms with van der Waals surface area (Å²) >= 11 is 1.45. The van der Waals surface area contributed by atoms with Crippen molar-refractivity contribution in [3.8, 4) is 5.69 Å². The molecule has 29 heavy (non-hydrogen) atoms. The monoisotopic (exact) mass is 406 g/mol. The minimum atomic E-state index is -0.352. The third kappa shape index (κ3) is 4.37. The summed E-state index contributed by atoms with van der Waals surface area (Å²) < 4.78 is 1.95. The number of aromatic nitrogens is 3. The number of hydrogen-bond acceptors (Lipinski definition) is 4. The standard InChI is InChI=1S/C23H26N4OS/c1-3-26(4-2)22(28)20(17-11-7-5-8-12-17)29-23-24-21(18-15-16-18)27(25-23)19-13-9-6-10-14-19/h5-14,18,20H,3-4,15-16H2,1-2H3/t20-/m0/s1. The van der Waals surface area contributed by atoms with E-state index in [0.29, 0.717) is 24.2 Å². The molecule has 0 radical (unpaired) electrons. The Balaban J connectivity index is 1.68. The average molecular weight is 407 g/mol. The third-order valence-corrected chi connectivity index (χ3v) is 6.27. The van der Waals surface area contributed by atoms with E-state index in [0.717, 1.165) is 29.9 Å². The van der Waals surface area contributed by atoms with Crippen molar-refractivity contribution in [2.75, 3.05) is 13.1 Å². The molecule has 0 bridgehead atoms. The summed E-state index contributed by atoms with van der Waals surface area (Å²) in [7, 11) is 0. The Morgan fingerprint density at radius 3 is 2.28 bits per heavy atom. The van der Waals surface area contributed by atoms with Crippen LogP contribution in [0.25, 0.3) is 5.69 Å². The fourth-order valence-electron chi connectivity index (χ4n) is 3.41. The lowest BCUT2D eigenvalue weighted by atomic mass is 10.1. The predicted molar refractivity (Wildman–Crippen MR) is 116 cm³/mol. The molecule has 5 nitrogen and oxygen atoms in total. The zero-order valence-electron chi connectivity index (χ0n) is 16.9. The molecule has 2 aromatic carbocycles. The van der Waals surface area contributed by atoms with Crippen molar-refractivity contribution in [1.82, 2.24) is 19.7 Å². The predicted octanol–water partition coefficient (Wildman–Crippen LogP) is 4.85. The van der Waals surface area contributed by atoms with Gasteiger partial charge in [0.15, 0.2) is 0 Å². The molecule has 1 aromatic heterocycles. The zero-order chi connectivity index (χ0) is 20.2. The molecule has 6 heteroatoms. The molecule has 4 rings (SSSR count). The van der Waals surface area contributed by atoms with Crippen LogP contribution in [0.2, 0.25) is 0 Å². The normalized spacial score (nSPS) is 14.6. The summed E-state index contributed by atoms with van der Waals surface area (Å²) in [6.07, 6.45) is 2.30. The van der Waals surface area contributed by atoms with E-state index >= 15 is 0 Å². The highest BCUT2D eigenvalue weighted by Crippen LogP contribution is 2.42. The smallest absolute Gasteiger partial charge is 0.240 e. The van der Waals surface area contributed by atoms with Crippen LogP contribution < -0.4 is 0 Å². The van der Waals surface area contributed by atoms with Gasteiger partial charge in [-0.1, -0.05) is 60.3 Å². The maximum atomic E-state index is 13.3. The number of nitrogens with zero attached hydrogens (tertiary/aromatic N) is 4. The Hall–Kier alpha value is -2.60. The van der Waals surface area contributed by atoms with Crippen LogP contribution in [-0.4, -0.2) is 38.7 Å². The van der Waals surface area contributed by atoms with Gasteiger partial charge in [-0.2, -0.15) is 0 Å². The summed E-state index contributed by atoms with van der Waals surface area (Å²) in [6, 6.07) is 20.1. The molecule has 0 spiro atoms. The van der Waals surface area contributed by atoms with Gasteiger partial charge in [-0.25, -0.2) is 9.67 Å². The number of carbonyl (C=O) groups excluding carboxylic acids is 1. The number of amides is 1. The van der Waals surface area contributed by atoms with Gasteiger partial charge in [0.05, 0.1) is 5.69 Å². The molecule has 0 unspecified atom stereocenters. The molecular formula is C23H26N4OS. The zero-order valence-corrected chi connectivity index (χ0v) is 17.7. The summed E-state index contributed by atoms with van der Waals surface area (Å²) in [6.45, 7) is 5.42. The number of benzene rings is 2. The molecule has 1 aliphatic carbocycles. The largest absolute Gasteiger partial charge is 0.342 e. The van der Waals surface area contributed by atoms with Crippen molar-refractivity contribution in [2.45, 2.75) is 43.0 Å². The van der Waals surface area contributed by atoms with Crippen LogP contribution in [0.15, 0.2) is 65.8 Å². The van der Waals surface area contributed by atoms with Gasteiger partial charge in [0, 0.05) is 19.0 Å². The fraction of sp³-hybridized carbons (Fsp3) is 0.348. The van der Waals surface area contributed by atoms with Crippen molar-refractivity contribution in [1.29, 1.82) is 0 Å². The lowest BCUT2D eigenvalue weighted by Crippen LogP contribution is -2.33. The van der Waals surface area contributed by atoms with Crippen LogP contribution in [0.3, 0.4) is 0 Å². The topological polar surface area (TPSA) is 51.0 Å². The van der Waals surface area contributed by atoms with E-state index in [1.165, 1.54) is 11.8 Å². The van der Waals surface area contributed by atoms with Gasteiger partial charge < -0.3 is 4.90 Å². The van der Waals surface area contributed by atoms with Crippen LogP contribution in [0.1, 0.15) is 49.2 Å². The Labute approximate surface area is 176 Å². The second kappa shape index (κ2) is 8.82. The first-order chi connectivity index (χ1) is 14.2. The van der Waals surface area contributed by atoms with Gasteiger partial charge in [0.1, 0.15) is 11.1 Å². The lowest BCUT2D eigenvalue weighted by Gasteiger charge is -2.24. The van der Waals surface area contributed by atoms with Crippen LogP contribution >= 0.6 is 11.8 Å². The van der Waals surface area contributed by atoms with Crippen LogP contribution in [0.4, 0.5) is 0 Å². The van der Waals surface area contributed by atoms with Crippen molar-refractivity contribution in [2.24, 2.45) is 0 Å². The minimum Gasteiger partial charge on any atom is -0.342 e. The fourth-order valence-corrected chi connectivity index (χ4v) is 4.44. The molecule has 1 atom stereocenters. The molecule has 1 fully saturated rings. The van der Waals surface area contributed by atoms with Crippen molar-refractivity contribution in [3.63, 3.8) is 0 Å². The van der Waals surface area contributed by atoms with E-state index in [4.69, 9.17) is 10.1 Å². The van der Waals surface area contributed by atoms with Crippen LogP contribution in [0.5, 0.6) is 0 Å². The van der Waals surface area contributed by atoms with E-state index in [1.54, 1.807) is 0 Å². The average Bonchev–Trinajstić information content (AvgIpc) is 3.53. The third-order valence-electron chi connectivity index (χ3n) is 5.18. The van der Waals surface area contributed by atoms with E-state index in [-0.39, 0.29) is 11.2 Å². The number of thioether (sulfide) groups is 1. The molecular weight excluding hydrogens is 380 g/mol. The molecule has 0 aliphatic heterocycles. The van der Waals surface area contributed by atoms with Crippen molar-refractivity contribution < 1.29 is 4.79 Å². The van der Waals surface area contributed by atoms with Gasteiger partial charge in [0.2, 0.25) is 11.1 Å². The maximum absolute atomic E-state index is 13.3. The molecule has 3 aromatic rings. The molecule has 1 aliphatic rings. The van der Waals surface area contributed by atoms with Crippen molar-refractivity contribution >= 4 is 17.7 Å². The number of hydrogen-bond donors (Lipinski definition) is 0. The quantitative estimate of drug-likeness (QED) is 0.502. The van der Waals surface area contributed by atoms with Gasteiger partial charge in [-0.15, -0.1) is 5.10 Å². The van der Waals surface area contributed by atoms with Crippen LogP contribution in [-0.2, 0) is 4.79 Å². The highest BCUT2D eigenvalue weighted by Gasteiger charge is 2.32. The molecule has 0 N–H and O–H groups in total. The van der Waals surface area contributed by atoms with Crippen LogP contribution in [0, 0.1) is 0 Å². The summed E-state index contributed by atoms with van der Waals surface area (Å²) in [5.74, 6) is 1.57. The number of likely N-dealkylation sites (N-methyl/N-ethyl adjacent to an activating group) is 1. The first kappa shape index (κ1) is 19.7. The Kier molecular flexibility index (Phi) is 6.00. The molecule has 150 valence electrons. The summed E-state index contributed by atoms with van der Waals surface area (Å²) in [4.78, 5) is 20.0. The van der Waals surface area contributed by atoms with E-state index in [2.05, 4.69) is 0 Å². The van der Waals surface area contributed by atoms with Crippen molar-refractivity contribution in [3.05, 3.63) is 72.1 Å². The number of para-hydroxylation sites is 1. The maximum Gasteiger partial charge on any atom is 0.240 e. The second-order valence-electron chi connectivity index (χ2n) is 7.19. The van der Waals surface area contributed by atoms with Gasteiger partial charge in [0.25, 0.3) is 0 Å². The molecule has 1 saturated carbocycles. The minimum absolute atomic E-state index is 0.107.